The summed E-state index contributed by atoms with van der Waals surface area (Å²) >= 11 is 0. The van der Waals surface area contributed by atoms with Crippen molar-refractivity contribution >= 4 is 17.6 Å². The van der Waals surface area contributed by atoms with Gasteiger partial charge in [0.15, 0.2) is 6.61 Å². The first kappa shape index (κ1) is 24.4. The maximum atomic E-state index is 12.7. The maximum Gasteiger partial charge on any atom is 0.338 e. The number of nitrogens with two attached hydrogens (primary N) is 1. The third-order valence-electron chi connectivity index (χ3n) is 5.34. The van der Waals surface area contributed by atoms with E-state index in [1.165, 1.54) is 5.56 Å². The molecule has 0 saturated carbocycles. The Kier molecular flexibility index (Phi) is 7.93. The van der Waals surface area contributed by atoms with Gasteiger partial charge in [-0.3, -0.25) is 4.79 Å². The summed E-state index contributed by atoms with van der Waals surface area (Å²) in [4.78, 5) is 25.2. The molecule has 3 rings (SSSR count). The number of benzene rings is 2. The first-order chi connectivity index (χ1) is 16.4. The van der Waals surface area contributed by atoms with E-state index in [2.05, 4.69) is 12.2 Å². The van der Waals surface area contributed by atoms with Gasteiger partial charge in [0.25, 0.3) is 5.91 Å². The van der Waals surface area contributed by atoms with Gasteiger partial charge in [-0.05, 0) is 44.0 Å². The Morgan fingerprint density at radius 3 is 2.50 bits per heavy atom. The van der Waals surface area contributed by atoms with Crippen molar-refractivity contribution in [1.82, 2.24) is 0 Å². The predicted molar refractivity (Wildman–Crippen MR) is 126 cm³/mol. The summed E-state index contributed by atoms with van der Waals surface area (Å²) in [7, 11) is 0. The number of carbonyl (C=O) groups is 2. The van der Waals surface area contributed by atoms with Crippen LogP contribution in [0.2, 0.25) is 0 Å². The topological polar surface area (TPSA) is 124 Å². The molecule has 1 heterocycles. The van der Waals surface area contributed by atoms with Crippen LogP contribution in [0.25, 0.3) is 0 Å². The van der Waals surface area contributed by atoms with Crippen molar-refractivity contribution in [3.8, 4) is 11.8 Å². The van der Waals surface area contributed by atoms with Gasteiger partial charge in [-0.25, -0.2) is 4.79 Å². The summed E-state index contributed by atoms with van der Waals surface area (Å²) < 4.78 is 16.5. The van der Waals surface area contributed by atoms with Crippen LogP contribution in [0.3, 0.4) is 0 Å². The lowest BCUT2D eigenvalue weighted by Gasteiger charge is -2.28. The van der Waals surface area contributed by atoms with Crippen LogP contribution in [0, 0.1) is 11.3 Å². The van der Waals surface area contributed by atoms with Crippen LogP contribution in [-0.2, 0) is 25.5 Å². The Bertz CT molecular complexity index is 1180. The molecule has 0 aliphatic carbocycles. The number of hydrogen-bond donors (Lipinski definition) is 2. The van der Waals surface area contributed by atoms with Gasteiger partial charge in [0, 0.05) is 11.3 Å². The molecule has 34 heavy (non-hydrogen) atoms. The largest absolute Gasteiger partial charge is 0.483 e. The number of carbonyl (C=O) groups excluding carboxylic acids is 2. The van der Waals surface area contributed by atoms with E-state index in [1.54, 1.807) is 38.1 Å². The molecule has 1 aliphatic rings. The van der Waals surface area contributed by atoms with Crippen molar-refractivity contribution in [2.75, 3.05) is 18.5 Å². The fourth-order valence-electron chi connectivity index (χ4n) is 3.68. The summed E-state index contributed by atoms with van der Waals surface area (Å²) in [5, 5.41) is 12.6. The van der Waals surface area contributed by atoms with E-state index in [-0.39, 0.29) is 41.9 Å². The molecule has 0 aromatic heterocycles. The molecule has 1 amide bonds. The molecular weight excluding hydrogens is 434 g/mol. The number of rotatable bonds is 8. The Morgan fingerprint density at radius 1 is 1.15 bits per heavy atom. The second kappa shape index (κ2) is 11.1. The summed E-state index contributed by atoms with van der Waals surface area (Å²) in [6, 6.07) is 16.5. The maximum absolute atomic E-state index is 12.7. The molecule has 0 bridgehead atoms. The normalized spacial score (nSPS) is 15.3. The van der Waals surface area contributed by atoms with Gasteiger partial charge in [0.1, 0.15) is 23.2 Å². The van der Waals surface area contributed by atoms with Gasteiger partial charge in [-0.1, -0.05) is 37.3 Å². The fourth-order valence-corrected chi connectivity index (χ4v) is 3.68. The number of nitrogens with one attached hydrogen (secondary N) is 1. The van der Waals surface area contributed by atoms with Crippen LogP contribution < -0.4 is 15.8 Å². The number of ether oxygens (including phenoxy) is 3. The molecule has 176 valence electrons. The van der Waals surface area contributed by atoms with Crippen molar-refractivity contribution in [2.45, 2.75) is 33.1 Å². The van der Waals surface area contributed by atoms with Gasteiger partial charge >= 0.3 is 5.97 Å². The quantitative estimate of drug-likeness (QED) is 0.571. The van der Waals surface area contributed by atoms with Crippen LogP contribution >= 0.6 is 0 Å². The number of aryl methyl sites for hydroxylation is 1. The highest BCUT2D eigenvalue weighted by molar-refractivity contribution is 5.93. The Labute approximate surface area is 198 Å². The molecule has 8 nitrogen and oxygen atoms in total. The molecule has 0 fully saturated rings. The van der Waals surface area contributed by atoms with E-state index >= 15 is 0 Å². The molecule has 1 atom stereocenters. The van der Waals surface area contributed by atoms with Crippen molar-refractivity contribution in [3.63, 3.8) is 0 Å². The molecule has 3 N–H and O–H groups in total. The zero-order valence-corrected chi connectivity index (χ0v) is 19.4. The molecule has 8 heteroatoms. The molecule has 2 aromatic carbocycles. The number of nitrogens with zero attached hydrogens (tertiary/aromatic N) is 1. The lowest BCUT2D eigenvalue weighted by molar-refractivity contribution is -0.139. The highest BCUT2D eigenvalue weighted by Gasteiger charge is 2.37. The Balaban J connectivity index is 1.87. The Hall–Kier alpha value is -4.25. The van der Waals surface area contributed by atoms with E-state index in [0.717, 1.165) is 6.42 Å². The number of para-hydroxylation sites is 1. The number of amides is 1. The Morgan fingerprint density at radius 2 is 1.85 bits per heavy atom. The van der Waals surface area contributed by atoms with Crippen molar-refractivity contribution in [3.05, 3.63) is 82.4 Å². The monoisotopic (exact) mass is 461 g/mol. The summed E-state index contributed by atoms with van der Waals surface area (Å²) in [6.45, 7) is 5.21. The van der Waals surface area contributed by atoms with Crippen LogP contribution in [0.4, 0.5) is 5.69 Å². The minimum Gasteiger partial charge on any atom is -0.483 e. The minimum atomic E-state index is -0.862. The molecule has 0 saturated heterocycles. The fraction of sp³-hybridized carbons (Fsp3) is 0.269. The van der Waals surface area contributed by atoms with Crippen LogP contribution in [-0.4, -0.2) is 25.1 Å². The van der Waals surface area contributed by atoms with E-state index < -0.39 is 11.9 Å². The highest BCUT2D eigenvalue weighted by Crippen LogP contribution is 2.42. The second-order valence-corrected chi connectivity index (χ2v) is 7.54. The van der Waals surface area contributed by atoms with Crippen molar-refractivity contribution < 1.29 is 23.8 Å². The van der Waals surface area contributed by atoms with Gasteiger partial charge in [-0.2, -0.15) is 5.26 Å². The third-order valence-corrected chi connectivity index (χ3v) is 5.34. The van der Waals surface area contributed by atoms with Crippen LogP contribution in [0.5, 0.6) is 5.75 Å². The van der Waals surface area contributed by atoms with E-state index in [9.17, 15) is 14.9 Å². The smallest absolute Gasteiger partial charge is 0.338 e. The second-order valence-electron chi connectivity index (χ2n) is 7.54. The molecule has 0 radical (unpaired) electrons. The SMILES string of the molecule is CCOC(=O)C1=C(C)OC(N)=C(C#N)C1c1ccccc1OCC(=O)Nc1ccc(CC)cc1. The summed E-state index contributed by atoms with van der Waals surface area (Å²) in [5.41, 5.74) is 8.51. The van der Waals surface area contributed by atoms with Crippen LogP contribution in [0.1, 0.15) is 37.8 Å². The number of hydrogen-bond acceptors (Lipinski definition) is 7. The zero-order chi connectivity index (χ0) is 24.7. The summed E-state index contributed by atoms with van der Waals surface area (Å²) in [6.07, 6.45) is 0.908. The van der Waals surface area contributed by atoms with Gasteiger partial charge in [-0.15, -0.1) is 0 Å². The first-order valence-corrected chi connectivity index (χ1v) is 11.0. The van der Waals surface area contributed by atoms with Crippen molar-refractivity contribution in [2.24, 2.45) is 5.73 Å². The average molecular weight is 462 g/mol. The molecule has 0 spiro atoms. The molecular formula is C26H27N3O5. The standard InChI is InChI=1S/C26H27N3O5/c1-4-17-10-12-18(13-11-17)29-22(30)15-33-21-9-7-6-8-19(21)24-20(14-27)25(28)34-16(3)23(24)26(31)32-5-2/h6-13,24H,4-5,15,28H2,1-3H3,(H,29,30). The minimum absolute atomic E-state index is 0.0603. The van der Waals surface area contributed by atoms with Crippen molar-refractivity contribution in [1.29, 1.82) is 5.26 Å². The van der Waals surface area contributed by atoms with Gasteiger partial charge in [0.05, 0.1) is 18.1 Å². The van der Waals surface area contributed by atoms with Gasteiger partial charge < -0.3 is 25.3 Å². The first-order valence-electron chi connectivity index (χ1n) is 11.0. The average Bonchev–Trinajstić information content (AvgIpc) is 2.83. The van der Waals surface area contributed by atoms with Gasteiger partial charge in [0.2, 0.25) is 5.88 Å². The zero-order valence-electron chi connectivity index (χ0n) is 19.4. The number of allylic oxidation sites excluding steroid dienone is 2. The summed E-state index contributed by atoms with van der Waals surface area (Å²) in [5.74, 6) is -1.35. The number of nitriles is 1. The predicted octanol–water partition coefficient (Wildman–Crippen LogP) is 3.91. The molecule has 2 aromatic rings. The third kappa shape index (κ3) is 5.38. The van der Waals surface area contributed by atoms with E-state index in [4.69, 9.17) is 19.9 Å². The number of anilines is 1. The molecule has 1 unspecified atom stereocenters. The van der Waals surface area contributed by atoms with Crippen LogP contribution in [0.15, 0.2) is 71.3 Å². The van der Waals surface area contributed by atoms with E-state index in [0.29, 0.717) is 17.0 Å². The number of esters is 1. The lowest BCUT2D eigenvalue weighted by atomic mass is 9.82. The van der Waals surface area contributed by atoms with E-state index in [1.807, 2.05) is 30.3 Å². The molecule has 1 aliphatic heterocycles. The highest BCUT2D eigenvalue weighted by atomic mass is 16.5. The lowest BCUT2D eigenvalue weighted by Crippen LogP contribution is -2.26.